The van der Waals surface area contributed by atoms with E-state index in [0.29, 0.717) is 22.6 Å². The van der Waals surface area contributed by atoms with Gasteiger partial charge in [-0.05, 0) is 48.7 Å². The topological polar surface area (TPSA) is 62.2 Å². The molecule has 2 aromatic carbocycles. The molecule has 2 aromatic heterocycles. The molecule has 6 nitrogen and oxygen atoms in total. The Morgan fingerprint density at radius 1 is 1.03 bits per heavy atom. The fourth-order valence-corrected chi connectivity index (χ4v) is 4.74. The van der Waals surface area contributed by atoms with Crippen LogP contribution in [0, 0.1) is 5.82 Å². The predicted octanol–water partition coefficient (Wildman–Crippen LogP) is 5.14. The van der Waals surface area contributed by atoms with E-state index in [2.05, 4.69) is 25.9 Å². The summed E-state index contributed by atoms with van der Waals surface area (Å²) in [6.45, 7) is 0.777. The van der Waals surface area contributed by atoms with Gasteiger partial charge in [-0.15, -0.1) is 0 Å². The molecule has 3 heterocycles. The quantitative estimate of drug-likeness (QED) is 0.430. The van der Waals surface area contributed by atoms with E-state index in [1.165, 1.54) is 11.6 Å². The summed E-state index contributed by atoms with van der Waals surface area (Å²) in [5.41, 5.74) is 4.78. The van der Waals surface area contributed by atoms with Gasteiger partial charge in [0.05, 0.1) is 0 Å². The predicted molar refractivity (Wildman–Crippen MR) is 129 cm³/mol. The smallest absolute Gasteiger partial charge is 0.258 e. The first-order valence-electron chi connectivity index (χ1n) is 11.2. The van der Waals surface area contributed by atoms with Gasteiger partial charge >= 0.3 is 0 Å². The number of benzene rings is 2. The summed E-state index contributed by atoms with van der Waals surface area (Å²) in [5.74, 6) is 0.155. The lowest BCUT2D eigenvalue weighted by Crippen LogP contribution is -2.26. The number of amides is 1. The number of aromatic nitrogens is 3. The number of carbonyl (C=O) groups excluding carboxylic acids is 1. The highest BCUT2D eigenvalue weighted by molar-refractivity contribution is 6.06. The molecule has 7 heteroatoms. The first kappa shape index (κ1) is 20.5. The molecule has 1 aliphatic heterocycles. The molecular formula is C27H22FN5O. The van der Waals surface area contributed by atoms with Gasteiger partial charge in [0.25, 0.3) is 5.91 Å². The summed E-state index contributed by atoms with van der Waals surface area (Å²) >= 11 is 0. The minimum Gasteiger partial charge on any atom is -0.311 e. The second kappa shape index (κ2) is 7.73. The molecule has 0 bridgehead atoms. The van der Waals surface area contributed by atoms with Crippen LogP contribution in [0.5, 0.6) is 0 Å². The number of hydrogen-bond donors (Lipinski definition) is 0. The van der Waals surface area contributed by atoms with E-state index >= 15 is 0 Å². The lowest BCUT2D eigenvalue weighted by Gasteiger charge is -2.20. The zero-order valence-corrected chi connectivity index (χ0v) is 18.6. The van der Waals surface area contributed by atoms with Gasteiger partial charge in [0.15, 0.2) is 0 Å². The molecule has 168 valence electrons. The van der Waals surface area contributed by atoms with Crippen molar-refractivity contribution in [2.45, 2.75) is 18.3 Å². The van der Waals surface area contributed by atoms with Crippen molar-refractivity contribution in [1.82, 2.24) is 15.0 Å². The third-order valence-corrected chi connectivity index (χ3v) is 6.84. The van der Waals surface area contributed by atoms with Gasteiger partial charge in [0.1, 0.15) is 5.82 Å². The molecule has 4 aromatic rings. The first-order chi connectivity index (χ1) is 16.6. The van der Waals surface area contributed by atoms with Crippen molar-refractivity contribution < 1.29 is 9.18 Å². The molecule has 0 atom stereocenters. The van der Waals surface area contributed by atoms with Crippen molar-refractivity contribution in [3.8, 4) is 11.1 Å². The Balaban J connectivity index is 1.34. The molecule has 1 aliphatic carbocycles. The second-order valence-corrected chi connectivity index (χ2v) is 8.92. The van der Waals surface area contributed by atoms with Crippen molar-refractivity contribution in [2.24, 2.45) is 0 Å². The molecule has 1 amide bonds. The Hall–Kier alpha value is -4.13. The molecule has 0 unspecified atom stereocenters. The summed E-state index contributed by atoms with van der Waals surface area (Å²) < 4.78 is 14.2. The van der Waals surface area contributed by atoms with Crippen LogP contribution in [0.25, 0.3) is 11.1 Å². The van der Waals surface area contributed by atoms with Crippen LogP contribution in [0.2, 0.25) is 0 Å². The minimum atomic E-state index is -0.302. The summed E-state index contributed by atoms with van der Waals surface area (Å²) in [5, 5.41) is 0. The maximum absolute atomic E-state index is 14.2. The number of rotatable bonds is 4. The summed E-state index contributed by atoms with van der Waals surface area (Å²) in [7, 11) is 1.76. The molecular weight excluding hydrogens is 429 g/mol. The number of halogens is 1. The van der Waals surface area contributed by atoms with Crippen LogP contribution in [0.15, 0.2) is 79.4 Å². The van der Waals surface area contributed by atoms with E-state index in [1.54, 1.807) is 54.9 Å². The molecule has 34 heavy (non-hydrogen) atoms. The van der Waals surface area contributed by atoms with Crippen molar-refractivity contribution in [3.05, 3.63) is 96.3 Å². The zero-order chi connectivity index (χ0) is 23.3. The number of pyridine rings is 1. The minimum absolute atomic E-state index is 0.0958. The normalized spacial score (nSPS) is 15.3. The van der Waals surface area contributed by atoms with Gasteiger partial charge in [-0.1, -0.05) is 24.3 Å². The number of nitrogens with zero attached hydrogens (tertiary/aromatic N) is 5. The third kappa shape index (κ3) is 3.32. The molecule has 1 fully saturated rings. The van der Waals surface area contributed by atoms with E-state index in [9.17, 15) is 9.18 Å². The molecule has 0 radical (unpaired) electrons. The highest BCUT2D eigenvalue weighted by Crippen LogP contribution is 2.57. The molecule has 0 saturated heterocycles. The van der Waals surface area contributed by atoms with E-state index in [-0.39, 0.29) is 17.1 Å². The van der Waals surface area contributed by atoms with Crippen molar-refractivity contribution in [1.29, 1.82) is 0 Å². The lowest BCUT2D eigenvalue weighted by atomic mass is 9.97. The Bertz CT molecular complexity index is 1390. The van der Waals surface area contributed by atoms with Crippen LogP contribution < -0.4 is 9.80 Å². The second-order valence-electron chi connectivity index (χ2n) is 8.92. The largest absolute Gasteiger partial charge is 0.311 e. The van der Waals surface area contributed by atoms with Crippen LogP contribution >= 0.6 is 0 Å². The third-order valence-electron chi connectivity index (χ3n) is 6.84. The van der Waals surface area contributed by atoms with Crippen LogP contribution in [0.1, 0.15) is 28.8 Å². The van der Waals surface area contributed by atoms with Gasteiger partial charge in [0.2, 0.25) is 5.95 Å². The first-order valence-corrected chi connectivity index (χ1v) is 11.2. The van der Waals surface area contributed by atoms with E-state index in [4.69, 9.17) is 0 Å². The Labute approximate surface area is 196 Å². The fraction of sp³-hybridized carbons (Fsp3) is 0.185. The van der Waals surface area contributed by atoms with Gasteiger partial charge in [0, 0.05) is 71.9 Å². The fourth-order valence-electron chi connectivity index (χ4n) is 4.74. The molecule has 6 rings (SSSR count). The summed E-state index contributed by atoms with van der Waals surface area (Å²) in [6.07, 6.45) is 8.86. The van der Waals surface area contributed by atoms with Crippen molar-refractivity contribution >= 4 is 23.2 Å². The Kier molecular flexibility index (Phi) is 4.65. The molecule has 1 spiro atoms. The molecule has 0 N–H and O–H groups in total. The maximum Gasteiger partial charge on any atom is 0.258 e. The van der Waals surface area contributed by atoms with E-state index in [0.717, 1.165) is 30.8 Å². The highest BCUT2D eigenvalue weighted by Gasteiger charge is 2.52. The lowest BCUT2D eigenvalue weighted by molar-refractivity contribution is 0.0993. The average molecular weight is 452 g/mol. The van der Waals surface area contributed by atoms with E-state index in [1.807, 2.05) is 24.3 Å². The van der Waals surface area contributed by atoms with Crippen LogP contribution in [-0.2, 0) is 5.41 Å². The number of fused-ring (bicyclic) bond motifs is 2. The van der Waals surface area contributed by atoms with Gasteiger partial charge in [-0.2, -0.15) is 0 Å². The SMILES string of the molecule is CN(C(=O)c1ccc2c(c1)N(c1ncc(-c3ccccc3F)cn1)CC21CC1)c1ccncc1. The van der Waals surface area contributed by atoms with Gasteiger partial charge < -0.3 is 9.80 Å². The highest BCUT2D eigenvalue weighted by atomic mass is 19.1. The van der Waals surface area contributed by atoms with Crippen molar-refractivity contribution in [3.63, 3.8) is 0 Å². The number of anilines is 3. The van der Waals surface area contributed by atoms with Crippen LogP contribution in [0.4, 0.5) is 21.7 Å². The monoisotopic (exact) mass is 451 g/mol. The van der Waals surface area contributed by atoms with Crippen LogP contribution in [-0.4, -0.2) is 34.5 Å². The summed E-state index contributed by atoms with van der Waals surface area (Å²) in [4.78, 5) is 30.1. The van der Waals surface area contributed by atoms with Crippen LogP contribution in [0.3, 0.4) is 0 Å². The van der Waals surface area contributed by atoms with Gasteiger partial charge in [-0.25, -0.2) is 14.4 Å². The Morgan fingerprint density at radius 2 is 1.76 bits per heavy atom. The zero-order valence-electron chi connectivity index (χ0n) is 18.6. The Morgan fingerprint density at radius 3 is 2.47 bits per heavy atom. The van der Waals surface area contributed by atoms with Gasteiger partial charge in [-0.3, -0.25) is 9.78 Å². The number of hydrogen-bond acceptors (Lipinski definition) is 5. The van der Waals surface area contributed by atoms with Crippen molar-refractivity contribution in [2.75, 3.05) is 23.4 Å². The molecule has 1 saturated carbocycles. The van der Waals surface area contributed by atoms with E-state index < -0.39 is 0 Å². The molecule has 2 aliphatic rings. The standard InChI is InChI=1S/C27H22FN5O/c1-32(20-8-12-29-13-9-20)25(34)18-6-7-22-24(14-18)33(17-27(22)10-11-27)26-30-15-19(16-31-26)21-4-2-3-5-23(21)28/h2-9,12-16H,10-11,17H2,1H3. The maximum atomic E-state index is 14.2. The number of carbonyl (C=O) groups is 1. The average Bonchev–Trinajstić information content (AvgIpc) is 3.60. The summed E-state index contributed by atoms with van der Waals surface area (Å²) in [6, 6.07) is 16.1.